The number of hydrogen-bond donors (Lipinski definition) is 1. The Kier molecular flexibility index (Phi) is 4.59. The Morgan fingerprint density at radius 2 is 2.17 bits per heavy atom. The molecule has 0 aromatic carbocycles. The molecule has 1 aromatic rings. The topological polar surface area (TPSA) is 34.1 Å². The second kappa shape index (κ2) is 6.19. The Labute approximate surface area is 110 Å². The van der Waals surface area contributed by atoms with Crippen LogP contribution in [0, 0.1) is 0 Å². The van der Waals surface area contributed by atoms with E-state index in [1.165, 1.54) is 24.8 Å². The maximum atomic E-state index is 5.92. The van der Waals surface area contributed by atoms with Gasteiger partial charge >= 0.3 is 0 Å². The van der Waals surface area contributed by atoms with Gasteiger partial charge in [-0.25, -0.2) is 4.98 Å². The Bertz CT molecular complexity index is 386. The number of aromatic nitrogens is 1. The summed E-state index contributed by atoms with van der Waals surface area (Å²) in [7, 11) is 0. The lowest BCUT2D eigenvalue weighted by atomic mass is 9.96. The van der Waals surface area contributed by atoms with Crippen molar-refractivity contribution in [2.24, 2.45) is 0 Å². The van der Waals surface area contributed by atoms with E-state index in [0.29, 0.717) is 12.0 Å². The van der Waals surface area contributed by atoms with E-state index in [9.17, 15) is 0 Å². The molecule has 0 amide bonds. The number of hydrogen-bond acceptors (Lipinski definition) is 3. The number of ether oxygens (including phenoxy) is 1. The van der Waals surface area contributed by atoms with Gasteiger partial charge in [-0.3, -0.25) is 0 Å². The van der Waals surface area contributed by atoms with Crippen LogP contribution in [-0.4, -0.2) is 17.6 Å². The molecule has 1 saturated carbocycles. The van der Waals surface area contributed by atoms with Gasteiger partial charge < -0.3 is 10.1 Å². The van der Waals surface area contributed by atoms with Gasteiger partial charge in [0.15, 0.2) is 0 Å². The van der Waals surface area contributed by atoms with E-state index in [1.54, 1.807) is 0 Å². The molecule has 1 aliphatic rings. The normalized spacial score (nSPS) is 15.8. The van der Waals surface area contributed by atoms with Gasteiger partial charge in [0, 0.05) is 18.3 Å². The molecule has 2 rings (SSSR count). The monoisotopic (exact) mass is 248 g/mol. The van der Waals surface area contributed by atoms with Gasteiger partial charge in [0.1, 0.15) is 6.10 Å². The average molecular weight is 248 g/mol. The number of pyridine rings is 1. The Morgan fingerprint density at radius 3 is 2.72 bits per heavy atom. The summed E-state index contributed by atoms with van der Waals surface area (Å²) < 4.78 is 5.92. The third kappa shape index (κ3) is 3.45. The van der Waals surface area contributed by atoms with Crippen LogP contribution >= 0.6 is 0 Å². The van der Waals surface area contributed by atoms with Crippen LogP contribution in [0.15, 0.2) is 12.1 Å². The standard InChI is InChI=1S/C15H24N2O/c1-4-16-10-12-8-14(11(2)3)17-15(9-12)18-13-6-5-7-13/h8-9,11,13,16H,4-7,10H2,1-3H3. The lowest BCUT2D eigenvalue weighted by Gasteiger charge is -2.26. The van der Waals surface area contributed by atoms with Crippen LogP contribution in [0.3, 0.4) is 0 Å². The van der Waals surface area contributed by atoms with Gasteiger partial charge in [-0.2, -0.15) is 0 Å². The summed E-state index contributed by atoms with van der Waals surface area (Å²) in [6.45, 7) is 8.34. The van der Waals surface area contributed by atoms with Crippen molar-refractivity contribution >= 4 is 0 Å². The number of nitrogens with one attached hydrogen (secondary N) is 1. The fourth-order valence-corrected chi connectivity index (χ4v) is 1.97. The predicted octanol–water partition coefficient (Wildman–Crippen LogP) is 3.25. The van der Waals surface area contributed by atoms with E-state index in [1.807, 2.05) is 0 Å². The summed E-state index contributed by atoms with van der Waals surface area (Å²) in [6.07, 6.45) is 4.04. The zero-order chi connectivity index (χ0) is 13.0. The Balaban J connectivity index is 2.12. The molecule has 1 aliphatic carbocycles. The van der Waals surface area contributed by atoms with E-state index < -0.39 is 0 Å². The molecular formula is C15H24N2O. The minimum atomic E-state index is 0.395. The van der Waals surface area contributed by atoms with Crippen molar-refractivity contribution in [2.45, 2.75) is 58.6 Å². The first-order valence-corrected chi connectivity index (χ1v) is 7.07. The number of rotatable bonds is 6. The quantitative estimate of drug-likeness (QED) is 0.839. The zero-order valence-electron chi connectivity index (χ0n) is 11.7. The minimum absolute atomic E-state index is 0.395. The molecule has 0 radical (unpaired) electrons. The molecule has 0 spiro atoms. The van der Waals surface area contributed by atoms with Crippen LogP contribution < -0.4 is 10.1 Å². The molecule has 3 nitrogen and oxygen atoms in total. The Hall–Kier alpha value is -1.09. The first-order valence-electron chi connectivity index (χ1n) is 7.07. The van der Waals surface area contributed by atoms with Crippen LogP contribution in [0.4, 0.5) is 0 Å². The fraction of sp³-hybridized carbons (Fsp3) is 0.667. The SMILES string of the molecule is CCNCc1cc(OC2CCC2)nc(C(C)C)c1. The lowest BCUT2D eigenvalue weighted by molar-refractivity contribution is 0.114. The van der Waals surface area contributed by atoms with Gasteiger partial charge in [0.25, 0.3) is 0 Å². The zero-order valence-corrected chi connectivity index (χ0v) is 11.7. The average Bonchev–Trinajstić information content (AvgIpc) is 2.31. The molecule has 1 N–H and O–H groups in total. The summed E-state index contributed by atoms with van der Waals surface area (Å²) in [4.78, 5) is 4.61. The third-order valence-electron chi connectivity index (χ3n) is 3.39. The molecule has 3 heteroatoms. The maximum Gasteiger partial charge on any atom is 0.214 e. The Morgan fingerprint density at radius 1 is 1.39 bits per heavy atom. The van der Waals surface area contributed by atoms with Crippen LogP contribution in [0.5, 0.6) is 5.88 Å². The third-order valence-corrected chi connectivity index (χ3v) is 3.39. The fourth-order valence-electron chi connectivity index (χ4n) is 1.97. The van der Waals surface area contributed by atoms with Gasteiger partial charge in [0.2, 0.25) is 5.88 Å². The highest BCUT2D eigenvalue weighted by molar-refractivity contribution is 5.27. The summed E-state index contributed by atoms with van der Waals surface area (Å²) in [5.41, 5.74) is 2.39. The minimum Gasteiger partial charge on any atom is -0.474 e. The second-order valence-electron chi connectivity index (χ2n) is 5.34. The van der Waals surface area contributed by atoms with Crippen molar-refractivity contribution in [2.75, 3.05) is 6.54 Å². The van der Waals surface area contributed by atoms with Gasteiger partial charge in [0.05, 0.1) is 0 Å². The van der Waals surface area contributed by atoms with Crippen molar-refractivity contribution in [3.05, 3.63) is 23.4 Å². The summed E-state index contributed by atoms with van der Waals surface area (Å²) in [5, 5.41) is 3.36. The van der Waals surface area contributed by atoms with Crippen molar-refractivity contribution in [1.29, 1.82) is 0 Å². The molecule has 1 aromatic heterocycles. The first kappa shape index (κ1) is 13.3. The van der Waals surface area contributed by atoms with Crippen molar-refractivity contribution in [1.82, 2.24) is 10.3 Å². The van der Waals surface area contributed by atoms with Gasteiger partial charge in [-0.05, 0) is 43.4 Å². The van der Waals surface area contributed by atoms with Gasteiger partial charge in [-0.15, -0.1) is 0 Å². The molecule has 1 heterocycles. The van der Waals surface area contributed by atoms with Crippen molar-refractivity contribution in [3.63, 3.8) is 0 Å². The molecule has 0 saturated heterocycles. The molecule has 0 unspecified atom stereocenters. The lowest BCUT2D eigenvalue weighted by Crippen LogP contribution is -2.25. The molecule has 18 heavy (non-hydrogen) atoms. The largest absolute Gasteiger partial charge is 0.474 e. The maximum absolute atomic E-state index is 5.92. The second-order valence-corrected chi connectivity index (χ2v) is 5.34. The molecule has 0 aliphatic heterocycles. The van der Waals surface area contributed by atoms with Crippen molar-refractivity contribution in [3.8, 4) is 5.88 Å². The highest BCUT2D eigenvalue weighted by atomic mass is 16.5. The van der Waals surface area contributed by atoms with Crippen LogP contribution in [-0.2, 0) is 6.54 Å². The van der Waals surface area contributed by atoms with E-state index in [2.05, 4.69) is 43.2 Å². The molecule has 1 fully saturated rings. The van der Waals surface area contributed by atoms with Crippen LogP contribution in [0.2, 0.25) is 0 Å². The van der Waals surface area contributed by atoms with E-state index in [0.717, 1.165) is 24.7 Å². The van der Waals surface area contributed by atoms with E-state index >= 15 is 0 Å². The first-order chi connectivity index (χ1) is 8.69. The summed E-state index contributed by atoms with van der Waals surface area (Å²) in [5.74, 6) is 1.24. The summed E-state index contributed by atoms with van der Waals surface area (Å²) >= 11 is 0. The number of nitrogens with zero attached hydrogens (tertiary/aromatic N) is 1. The molecule has 100 valence electrons. The van der Waals surface area contributed by atoms with E-state index in [-0.39, 0.29) is 0 Å². The van der Waals surface area contributed by atoms with Gasteiger partial charge in [-0.1, -0.05) is 20.8 Å². The smallest absolute Gasteiger partial charge is 0.214 e. The van der Waals surface area contributed by atoms with Crippen molar-refractivity contribution < 1.29 is 4.74 Å². The molecule has 0 atom stereocenters. The molecular weight excluding hydrogens is 224 g/mol. The highest BCUT2D eigenvalue weighted by Gasteiger charge is 2.20. The van der Waals surface area contributed by atoms with E-state index in [4.69, 9.17) is 4.74 Å². The highest BCUT2D eigenvalue weighted by Crippen LogP contribution is 2.26. The summed E-state index contributed by atoms with van der Waals surface area (Å²) in [6, 6.07) is 4.26. The predicted molar refractivity (Wildman–Crippen MR) is 74.0 cm³/mol. The molecule has 0 bridgehead atoms. The van der Waals surface area contributed by atoms with Crippen LogP contribution in [0.1, 0.15) is 57.2 Å². The van der Waals surface area contributed by atoms with Crippen LogP contribution in [0.25, 0.3) is 0 Å².